The fraction of sp³-hybridized carbons (Fsp3) is 0.500. The molecule has 0 fully saturated rings. The van der Waals surface area contributed by atoms with E-state index in [9.17, 15) is 8.42 Å². The zero-order valence-electron chi connectivity index (χ0n) is 7.92. The summed E-state index contributed by atoms with van der Waals surface area (Å²) in [5, 5.41) is 8.66. The third-order valence-electron chi connectivity index (χ3n) is 1.94. The molecule has 6 heteroatoms. The number of nitrogens with two attached hydrogens (primary N) is 1. The fourth-order valence-electron chi connectivity index (χ4n) is 1.12. The molecule has 0 aliphatic rings. The molecule has 1 atom stereocenters. The van der Waals surface area contributed by atoms with Crippen molar-refractivity contribution in [3.8, 4) is 0 Å². The van der Waals surface area contributed by atoms with Gasteiger partial charge in [0.05, 0.1) is 6.26 Å². The lowest BCUT2D eigenvalue weighted by molar-refractivity contribution is 0.276. The van der Waals surface area contributed by atoms with Crippen LogP contribution < -0.4 is 5.73 Å². The highest BCUT2D eigenvalue weighted by atomic mass is 32.2. The van der Waals surface area contributed by atoms with E-state index in [0.717, 1.165) is 10.2 Å². The first-order chi connectivity index (χ1) is 6.45. The van der Waals surface area contributed by atoms with Crippen molar-refractivity contribution in [2.45, 2.75) is 12.5 Å². The van der Waals surface area contributed by atoms with Crippen LogP contribution in [0.2, 0.25) is 0 Å². The number of aliphatic hydroxyl groups excluding tert-OH is 1. The van der Waals surface area contributed by atoms with Crippen LogP contribution in [0.15, 0.2) is 18.5 Å². The lowest BCUT2D eigenvalue weighted by Crippen LogP contribution is -2.12. The summed E-state index contributed by atoms with van der Waals surface area (Å²) in [5.74, 6) is 0. The summed E-state index contributed by atoms with van der Waals surface area (Å²) in [4.78, 5) is 0. The van der Waals surface area contributed by atoms with Crippen LogP contribution in [0.1, 0.15) is 18.0 Å². The highest BCUT2D eigenvalue weighted by Crippen LogP contribution is 2.14. The van der Waals surface area contributed by atoms with Crippen molar-refractivity contribution in [3.05, 3.63) is 24.0 Å². The molecule has 0 saturated carbocycles. The van der Waals surface area contributed by atoms with Crippen LogP contribution in [0.5, 0.6) is 0 Å². The molecular formula is C8H14N2O3S. The predicted octanol–water partition coefficient (Wildman–Crippen LogP) is -0.322. The van der Waals surface area contributed by atoms with E-state index in [4.69, 9.17) is 10.8 Å². The van der Waals surface area contributed by atoms with E-state index in [1.807, 2.05) is 0 Å². The molecular weight excluding hydrogens is 204 g/mol. The summed E-state index contributed by atoms with van der Waals surface area (Å²) >= 11 is 0. The minimum Gasteiger partial charge on any atom is -0.396 e. The summed E-state index contributed by atoms with van der Waals surface area (Å²) in [6.07, 6.45) is 4.46. The standard InChI is InChI=1S/C8H14N2O3S/c1-14(12,13)10-4-2-7(6-10)8(9)3-5-11/h2,4,6,8,11H,3,5,9H2,1H3. The van der Waals surface area contributed by atoms with Crippen LogP contribution >= 0.6 is 0 Å². The Labute approximate surface area is 83.2 Å². The summed E-state index contributed by atoms with van der Waals surface area (Å²) in [5.41, 5.74) is 6.41. The van der Waals surface area contributed by atoms with Gasteiger partial charge in [-0.25, -0.2) is 8.42 Å². The zero-order chi connectivity index (χ0) is 10.8. The van der Waals surface area contributed by atoms with Crippen LogP contribution in [0.25, 0.3) is 0 Å². The van der Waals surface area contributed by atoms with Crippen LogP contribution in [-0.4, -0.2) is 30.4 Å². The molecule has 5 nitrogen and oxygen atoms in total. The average molecular weight is 218 g/mol. The monoisotopic (exact) mass is 218 g/mol. The van der Waals surface area contributed by atoms with Gasteiger partial charge in [-0.1, -0.05) is 0 Å². The number of hydrogen-bond donors (Lipinski definition) is 2. The van der Waals surface area contributed by atoms with E-state index < -0.39 is 10.0 Å². The quantitative estimate of drug-likeness (QED) is 0.725. The fourth-order valence-corrected chi connectivity index (χ4v) is 1.72. The number of aliphatic hydroxyl groups is 1. The molecule has 0 aliphatic heterocycles. The molecule has 0 radical (unpaired) electrons. The minimum absolute atomic E-state index is 0.00871. The summed E-state index contributed by atoms with van der Waals surface area (Å²) < 4.78 is 23.3. The van der Waals surface area contributed by atoms with E-state index in [0.29, 0.717) is 12.0 Å². The maximum Gasteiger partial charge on any atom is 0.235 e. The van der Waals surface area contributed by atoms with Crippen LogP contribution in [0, 0.1) is 0 Å². The summed E-state index contributed by atoms with van der Waals surface area (Å²) in [6, 6.07) is 1.32. The van der Waals surface area contributed by atoms with Crippen molar-refractivity contribution in [2.24, 2.45) is 5.73 Å². The maximum atomic E-state index is 11.1. The lowest BCUT2D eigenvalue weighted by Gasteiger charge is -2.06. The molecule has 0 bridgehead atoms. The molecule has 1 heterocycles. The number of hydrogen-bond acceptors (Lipinski definition) is 4. The van der Waals surface area contributed by atoms with E-state index >= 15 is 0 Å². The highest BCUT2D eigenvalue weighted by molar-refractivity contribution is 7.89. The van der Waals surface area contributed by atoms with Gasteiger partial charge in [-0.05, 0) is 18.1 Å². The van der Waals surface area contributed by atoms with E-state index in [1.54, 1.807) is 6.07 Å². The second-order valence-corrected chi connectivity index (χ2v) is 5.04. The van der Waals surface area contributed by atoms with Gasteiger partial charge in [0.25, 0.3) is 0 Å². The molecule has 1 unspecified atom stereocenters. The number of rotatable bonds is 4. The van der Waals surface area contributed by atoms with Gasteiger partial charge in [0, 0.05) is 25.0 Å². The molecule has 0 aliphatic carbocycles. The van der Waals surface area contributed by atoms with Crippen molar-refractivity contribution >= 4 is 10.0 Å². The molecule has 0 aromatic carbocycles. The maximum absolute atomic E-state index is 11.1. The molecule has 1 aromatic heterocycles. The number of aromatic nitrogens is 1. The second kappa shape index (κ2) is 4.12. The topological polar surface area (TPSA) is 85.3 Å². The van der Waals surface area contributed by atoms with Gasteiger partial charge >= 0.3 is 0 Å². The Morgan fingerprint density at radius 3 is 2.71 bits per heavy atom. The molecule has 3 N–H and O–H groups in total. The van der Waals surface area contributed by atoms with E-state index in [-0.39, 0.29) is 12.6 Å². The van der Waals surface area contributed by atoms with Gasteiger partial charge in [0.2, 0.25) is 10.0 Å². The molecule has 80 valence electrons. The molecule has 0 saturated heterocycles. The largest absolute Gasteiger partial charge is 0.396 e. The van der Waals surface area contributed by atoms with Crippen LogP contribution in [0.3, 0.4) is 0 Å². The SMILES string of the molecule is CS(=O)(=O)n1ccc(C(N)CCO)c1. The van der Waals surface area contributed by atoms with E-state index in [2.05, 4.69) is 0 Å². The van der Waals surface area contributed by atoms with Gasteiger partial charge in [-0.15, -0.1) is 0 Å². The van der Waals surface area contributed by atoms with Crippen molar-refractivity contribution in [1.82, 2.24) is 3.97 Å². The van der Waals surface area contributed by atoms with Gasteiger partial charge in [0.1, 0.15) is 0 Å². The van der Waals surface area contributed by atoms with Gasteiger partial charge < -0.3 is 10.8 Å². The Morgan fingerprint density at radius 1 is 1.64 bits per heavy atom. The van der Waals surface area contributed by atoms with Gasteiger partial charge in [-0.3, -0.25) is 3.97 Å². The Balaban J connectivity index is 2.88. The Bertz CT molecular complexity index is 396. The first-order valence-electron chi connectivity index (χ1n) is 4.20. The molecule has 1 rings (SSSR count). The summed E-state index contributed by atoms with van der Waals surface area (Å²) in [6.45, 7) is -0.00871. The number of nitrogens with zero attached hydrogens (tertiary/aromatic N) is 1. The third kappa shape index (κ3) is 2.57. The first kappa shape index (κ1) is 11.2. The van der Waals surface area contributed by atoms with Crippen molar-refractivity contribution < 1.29 is 13.5 Å². The minimum atomic E-state index is -3.23. The first-order valence-corrected chi connectivity index (χ1v) is 6.05. The normalized spacial score (nSPS) is 14.2. The lowest BCUT2D eigenvalue weighted by atomic mass is 10.1. The molecule has 1 aromatic rings. The smallest absolute Gasteiger partial charge is 0.235 e. The Hall–Kier alpha value is -0.850. The zero-order valence-corrected chi connectivity index (χ0v) is 8.74. The second-order valence-electron chi connectivity index (χ2n) is 3.16. The molecule has 0 amide bonds. The van der Waals surface area contributed by atoms with E-state index in [1.165, 1.54) is 12.4 Å². The van der Waals surface area contributed by atoms with Gasteiger partial charge in [-0.2, -0.15) is 0 Å². The van der Waals surface area contributed by atoms with Crippen LogP contribution in [0.4, 0.5) is 0 Å². The Kier molecular flexibility index (Phi) is 3.30. The predicted molar refractivity (Wildman–Crippen MR) is 53.3 cm³/mol. The van der Waals surface area contributed by atoms with Crippen LogP contribution in [-0.2, 0) is 10.0 Å². The molecule has 0 spiro atoms. The highest BCUT2D eigenvalue weighted by Gasteiger charge is 2.10. The van der Waals surface area contributed by atoms with Crippen molar-refractivity contribution in [1.29, 1.82) is 0 Å². The summed E-state index contributed by atoms with van der Waals surface area (Å²) in [7, 11) is -3.23. The van der Waals surface area contributed by atoms with Crippen molar-refractivity contribution in [2.75, 3.05) is 12.9 Å². The Morgan fingerprint density at radius 2 is 2.29 bits per heavy atom. The third-order valence-corrected chi connectivity index (χ3v) is 2.93. The van der Waals surface area contributed by atoms with Crippen molar-refractivity contribution in [3.63, 3.8) is 0 Å². The van der Waals surface area contributed by atoms with Gasteiger partial charge in [0.15, 0.2) is 0 Å². The average Bonchev–Trinajstić information content (AvgIpc) is 2.51. The molecule has 14 heavy (non-hydrogen) atoms.